The minimum Gasteiger partial charge on any atom is -0.398 e. The Morgan fingerprint density at radius 3 is 2.55 bits per heavy atom. The van der Waals surface area contributed by atoms with E-state index in [2.05, 4.69) is 6.58 Å². The van der Waals surface area contributed by atoms with Gasteiger partial charge in [0.25, 0.3) is 0 Å². The molecule has 0 saturated carbocycles. The summed E-state index contributed by atoms with van der Waals surface area (Å²) in [5, 5.41) is 15.7. The molecule has 0 aliphatic rings. The van der Waals surface area contributed by atoms with Crippen LogP contribution in [-0.4, -0.2) is 11.4 Å². The summed E-state index contributed by atoms with van der Waals surface area (Å²) in [5.41, 5.74) is 8.70. The molecule has 2 aromatic rings. The number of nitrogens with one attached hydrogen (secondary N) is 2. The summed E-state index contributed by atoms with van der Waals surface area (Å²) in [7, 11) is 0. The molecular formula is C18H18FN3. The molecule has 3 nitrogen and oxygen atoms in total. The fourth-order valence-electron chi connectivity index (χ4n) is 2.41. The van der Waals surface area contributed by atoms with Crippen molar-refractivity contribution in [2.45, 2.75) is 13.3 Å². The van der Waals surface area contributed by atoms with Crippen molar-refractivity contribution in [2.24, 2.45) is 0 Å². The largest absolute Gasteiger partial charge is 0.398 e. The molecular weight excluding hydrogens is 277 g/mol. The standard InChI is InChI=1S/C18H18FN3/c1-3-11-7-5-10-14(19)16(11)12-8-6-9-13(17(12)21)18(22)15(20)4-2/h4-10,20,22H,2-3,21H2,1H3. The lowest BCUT2D eigenvalue weighted by molar-refractivity contribution is 0.629. The van der Waals surface area contributed by atoms with Gasteiger partial charge in [-0.25, -0.2) is 4.39 Å². The summed E-state index contributed by atoms with van der Waals surface area (Å²) < 4.78 is 14.3. The highest BCUT2D eigenvalue weighted by Crippen LogP contribution is 2.33. The molecule has 0 bridgehead atoms. The Labute approximate surface area is 129 Å². The van der Waals surface area contributed by atoms with Gasteiger partial charge in [0.1, 0.15) is 5.82 Å². The number of rotatable bonds is 5. The van der Waals surface area contributed by atoms with Crippen LogP contribution in [0.2, 0.25) is 0 Å². The number of allylic oxidation sites excluding steroid dienone is 1. The fourth-order valence-corrected chi connectivity index (χ4v) is 2.41. The summed E-state index contributed by atoms with van der Waals surface area (Å²) in [6, 6.07) is 10.1. The number of anilines is 1. The third kappa shape index (κ3) is 2.68. The zero-order chi connectivity index (χ0) is 16.3. The van der Waals surface area contributed by atoms with Crippen LogP contribution in [0.15, 0.2) is 49.1 Å². The first-order valence-corrected chi connectivity index (χ1v) is 6.97. The predicted octanol–water partition coefficient (Wildman–Crippen LogP) is 4.21. The maximum absolute atomic E-state index is 14.3. The number of benzene rings is 2. The second-order valence-electron chi connectivity index (χ2n) is 4.89. The predicted molar refractivity (Wildman–Crippen MR) is 90.4 cm³/mol. The second kappa shape index (κ2) is 6.35. The normalized spacial score (nSPS) is 10.3. The Hall–Kier alpha value is -2.75. The van der Waals surface area contributed by atoms with E-state index in [1.165, 1.54) is 12.1 Å². The van der Waals surface area contributed by atoms with E-state index < -0.39 is 0 Å². The van der Waals surface area contributed by atoms with Crippen molar-refractivity contribution in [2.75, 3.05) is 5.73 Å². The monoisotopic (exact) mass is 295 g/mol. The van der Waals surface area contributed by atoms with Gasteiger partial charge in [0.2, 0.25) is 0 Å². The highest BCUT2D eigenvalue weighted by Gasteiger charge is 2.17. The van der Waals surface area contributed by atoms with Crippen LogP contribution in [0.4, 0.5) is 10.1 Å². The number of halogens is 1. The van der Waals surface area contributed by atoms with E-state index in [9.17, 15) is 4.39 Å². The Kier molecular flexibility index (Phi) is 4.51. The van der Waals surface area contributed by atoms with Crippen molar-refractivity contribution >= 4 is 17.1 Å². The molecule has 0 fully saturated rings. The van der Waals surface area contributed by atoms with Gasteiger partial charge in [-0.3, -0.25) is 10.8 Å². The quantitative estimate of drug-likeness (QED) is 0.561. The summed E-state index contributed by atoms with van der Waals surface area (Å²) in [6.07, 6.45) is 1.96. The van der Waals surface area contributed by atoms with Crippen LogP contribution in [-0.2, 0) is 6.42 Å². The van der Waals surface area contributed by atoms with Gasteiger partial charge in [0, 0.05) is 22.4 Å². The smallest absolute Gasteiger partial charge is 0.131 e. The molecule has 4 N–H and O–H groups in total. The minimum atomic E-state index is -0.339. The molecule has 0 radical (unpaired) electrons. The van der Waals surface area contributed by atoms with E-state index >= 15 is 0 Å². The highest BCUT2D eigenvalue weighted by atomic mass is 19.1. The molecule has 0 heterocycles. The molecule has 0 spiro atoms. The number of hydrogen-bond donors (Lipinski definition) is 3. The first-order chi connectivity index (χ1) is 10.5. The van der Waals surface area contributed by atoms with Crippen molar-refractivity contribution in [3.63, 3.8) is 0 Å². The van der Waals surface area contributed by atoms with Crippen molar-refractivity contribution < 1.29 is 4.39 Å². The lowest BCUT2D eigenvalue weighted by atomic mass is 9.92. The maximum atomic E-state index is 14.3. The molecule has 22 heavy (non-hydrogen) atoms. The number of aryl methyl sites for hydroxylation is 1. The van der Waals surface area contributed by atoms with Gasteiger partial charge in [-0.05, 0) is 24.1 Å². The van der Waals surface area contributed by atoms with Gasteiger partial charge >= 0.3 is 0 Å². The van der Waals surface area contributed by atoms with Crippen LogP contribution in [0, 0.1) is 16.6 Å². The Morgan fingerprint density at radius 1 is 1.23 bits per heavy atom. The first-order valence-electron chi connectivity index (χ1n) is 6.97. The van der Waals surface area contributed by atoms with Gasteiger partial charge in [-0.2, -0.15) is 0 Å². The number of para-hydroxylation sites is 1. The Bertz CT molecular complexity index is 763. The van der Waals surface area contributed by atoms with Crippen LogP contribution >= 0.6 is 0 Å². The van der Waals surface area contributed by atoms with Crippen LogP contribution in [0.3, 0.4) is 0 Å². The molecule has 0 atom stereocenters. The summed E-state index contributed by atoms with van der Waals surface area (Å²) in [5.74, 6) is -0.339. The summed E-state index contributed by atoms with van der Waals surface area (Å²) >= 11 is 0. The average molecular weight is 295 g/mol. The van der Waals surface area contributed by atoms with Crippen LogP contribution < -0.4 is 5.73 Å². The van der Waals surface area contributed by atoms with Gasteiger partial charge < -0.3 is 5.73 Å². The van der Waals surface area contributed by atoms with Gasteiger partial charge in [0.05, 0.1) is 11.4 Å². The molecule has 0 aliphatic heterocycles. The van der Waals surface area contributed by atoms with E-state index in [0.717, 1.165) is 5.56 Å². The van der Waals surface area contributed by atoms with E-state index in [-0.39, 0.29) is 17.2 Å². The number of hydrogen-bond acceptors (Lipinski definition) is 3. The molecule has 0 saturated heterocycles. The molecule has 0 aromatic heterocycles. The Morgan fingerprint density at radius 2 is 1.91 bits per heavy atom. The van der Waals surface area contributed by atoms with Crippen molar-refractivity contribution in [3.05, 3.63) is 66.0 Å². The molecule has 0 amide bonds. The zero-order valence-corrected chi connectivity index (χ0v) is 12.4. The number of nitrogens with two attached hydrogens (primary N) is 1. The van der Waals surface area contributed by atoms with Crippen LogP contribution in [0.1, 0.15) is 18.1 Å². The molecule has 2 rings (SSSR count). The Balaban J connectivity index is 2.67. The SMILES string of the molecule is C=CC(=N)C(=N)c1cccc(-c2c(F)cccc2CC)c1N. The molecule has 0 aliphatic carbocycles. The minimum absolute atomic E-state index is 0.0203. The fraction of sp³-hybridized carbons (Fsp3) is 0.111. The third-order valence-corrected chi connectivity index (χ3v) is 3.60. The van der Waals surface area contributed by atoms with Crippen molar-refractivity contribution in [3.8, 4) is 11.1 Å². The van der Waals surface area contributed by atoms with E-state index in [4.69, 9.17) is 16.6 Å². The van der Waals surface area contributed by atoms with Gasteiger partial charge in [-0.1, -0.05) is 43.8 Å². The molecule has 4 heteroatoms. The second-order valence-corrected chi connectivity index (χ2v) is 4.89. The van der Waals surface area contributed by atoms with E-state index in [0.29, 0.717) is 28.8 Å². The van der Waals surface area contributed by atoms with Gasteiger partial charge in [-0.15, -0.1) is 0 Å². The summed E-state index contributed by atoms with van der Waals surface area (Å²) in [4.78, 5) is 0. The molecule has 112 valence electrons. The lowest BCUT2D eigenvalue weighted by Crippen LogP contribution is -2.13. The highest BCUT2D eigenvalue weighted by molar-refractivity contribution is 6.50. The van der Waals surface area contributed by atoms with Crippen LogP contribution in [0.25, 0.3) is 11.1 Å². The topological polar surface area (TPSA) is 73.7 Å². The molecule has 2 aromatic carbocycles. The summed E-state index contributed by atoms with van der Waals surface area (Å²) in [6.45, 7) is 5.44. The van der Waals surface area contributed by atoms with Crippen molar-refractivity contribution in [1.82, 2.24) is 0 Å². The van der Waals surface area contributed by atoms with Crippen molar-refractivity contribution in [1.29, 1.82) is 10.8 Å². The lowest BCUT2D eigenvalue weighted by Gasteiger charge is -2.15. The van der Waals surface area contributed by atoms with Crippen LogP contribution in [0.5, 0.6) is 0 Å². The van der Waals surface area contributed by atoms with E-state index in [1.54, 1.807) is 24.3 Å². The average Bonchev–Trinajstić information content (AvgIpc) is 2.53. The molecule has 0 unspecified atom stereocenters. The van der Waals surface area contributed by atoms with E-state index in [1.807, 2.05) is 13.0 Å². The zero-order valence-electron chi connectivity index (χ0n) is 12.4. The maximum Gasteiger partial charge on any atom is 0.131 e. The first kappa shape index (κ1) is 15.6. The third-order valence-electron chi connectivity index (χ3n) is 3.60. The number of nitrogen functional groups attached to an aromatic ring is 1. The van der Waals surface area contributed by atoms with Gasteiger partial charge in [0.15, 0.2) is 0 Å².